The topological polar surface area (TPSA) is 35.6 Å². The number of nitrogens with zero attached hydrogens (tertiary/aromatic N) is 2. The van der Waals surface area contributed by atoms with Crippen LogP contribution in [0.25, 0.3) is 0 Å². The summed E-state index contributed by atoms with van der Waals surface area (Å²) in [7, 11) is 4.11. The molecule has 1 heterocycles. The first kappa shape index (κ1) is 17.7. The monoisotopic (exact) mass is 321 g/mol. The second-order valence-corrected chi connectivity index (χ2v) is 6.51. The lowest BCUT2D eigenvalue weighted by molar-refractivity contribution is 0.141. The quantitative estimate of drug-likeness (QED) is 0.874. The smallest absolute Gasteiger partial charge is 0.317 e. The Bertz CT molecular complexity index is 507. The minimum atomic E-state index is -0.205. The molecule has 1 N–H and O–H groups in total. The van der Waals surface area contributed by atoms with Crippen LogP contribution >= 0.6 is 0 Å². The molecule has 23 heavy (non-hydrogen) atoms. The minimum absolute atomic E-state index is 0.00945. The third-order valence-corrected chi connectivity index (χ3v) is 4.43. The molecule has 0 saturated carbocycles. The van der Waals surface area contributed by atoms with E-state index in [1.54, 1.807) is 12.1 Å². The van der Waals surface area contributed by atoms with Gasteiger partial charge in [-0.3, -0.25) is 0 Å². The summed E-state index contributed by atoms with van der Waals surface area (Å²) in [5.41, 5.74) is 0.649. The molecule has 2 rings (SSSR count). The molecule has 4 nitrogen and oxygen atoms in total. The molecular weight excluding hydrogens is 293 g/mol. The summed E-state index contributed by atoms with van der Waals surface area (Å²) in [6, 6.07) is 7.04. The molecule has 5 heteroatoms. The third kappa shape index (κ3) is 5.50. The zero-order chi connectivity index (χ0) is 16.7. The first-order valence-electron chi connectivity index (χ1n) is 8.50. The number of likely N-dealkylation sites (tertiary alicyclic amines) is 1. The van der Waals surface area contributed by atoms with Gasteiger partial charge in [-0.2, -0.15) is 0 Å². The van der Waals surface area contributed by atoms with E-state index in [-0.39, 0.29) is 11.8 Å². The molecule has 2 amide bonds. The molecule has 1 fully saturated rings. The van der Waals surface area contributed by atoms with Gasteiger partial charge in [-0.05, 0) is 64.4 Å². The van der Waals surface area contributed by atoms with Gasteiger partial charge in [0.1, 0.15) is 5.82 Å². The third-order valence-electron chi connectivity index (χ3n) is 4.43. The maximum absolute atomic E-state index is 13.6. The molecule has 1 aromatic carbocycles. The first-order valence-corrected chi connectivity index (χ1v) is 8.50. The van der Waals surface area contributed by atoms with Gasteiger partial charge >= 0.3 is 6.03 Å². The van der Waals surface area contributed by atoms with E-state index in [2.05, 4.69) is 24.3 Å². The first-order chi connectivity index (χ1) is 11.1. The molecule has 0 unspecified atom stereocenters. The minimum Gasteiger partial charge on any atom is -0.338 e. The highest BCUT2D eigenvalue weighted by Crippen LogP contribution is 2.20. The molecule has 0 spiro atoms. The highest BCUT2D eigenvalue weighted by Gasteiger charge is 2.26. The number of rotatable bonds is 6. The Morgan fingerprint density at radius 3 is 2.87 bits per heavy atom. The van der Waals surface area contributed by atoms with Crippen LogP contribution in [-0.2, 0) is 6.42 Å². The molecule has 1 aliphatic heterocycles. The lowest BCUT2D eigenvalue weighted by atomic mass is 9.99. The fourth-order valence-electron chi connectivity index (χ4n) is 3.08. The summed E-state index contributed by atoms with van der Waals surface area (Å²) in [6.07, 6.45) is 4.87. The predicted octanol–water partition coefficient (Wildman–Crippen LogP) is 2.88. The zero-order valence-corrected chi connectivity index (χ0v) is 14.2. The Labute approximate surface area is 138 Å². The number of amides is 2. The van der Waals surface area contributed by atoms with Crippen molar-refractivity contribution in [2.45, 2.75) is 38.1 Å². The number of nitrogens with one attached hydrogen (secondary N) is 1. The molecule has 1 aliphatic rings. The van der Waals surface area contributed by atoms with Crippen molar-refractivity contribution >= 4 is 6.03 Å². The van der Waals surface area contributed by atoms with Crippen LogP contribution in [0.4, 0.5) is 9.18 Å². The van der Waals surface area contributed by atoms with Gasteiger partial charge in [0.25, 0.3) is 0 Å². The number of hydrogen-bond donors (Lipinski definition) is 1. The van der Waals surface area contributed by atoms with Gasteiger partial charge in [-0.15, -0.1) is 0 Å². The maximum Gasteiger partial charge on any atom is 0.317 e. The molecule has 0 aliphatic carbocycles. The van der Waals surface area contributed by atoms with Crippen LogP contribution in [0.2, 0.25) is 0 Å². The van der Waals surface area contributed by atoms with Crippen molar-refractivity contribution < 1.29 is 9.18 Å². The number of benzene rings is 1. The van der Waals surface area contributed by atoms with E-state index in [1.165, 1.54) is 12.5 Å². The number of piperidine rings is 1. The van der Waals surface area contributed by atoms with Crippen LogP contribution in [0.5, 0.6) is 0 Å². The molecule has 1 aromatic rings. The standard InChI is InChI=1S/C18H28FN3O/c1-21(2)14-11-16-8-5-6-13-22(16)18(23)20-12-10-15-7-3-4-9-17(15)19/h3-4,7,9,16H,5-6,8,10-14H2,1-2H3,(H,20,23)/t16-/m0/s1. The van der Waals surface area contributed by atoms with Crippen molar-refractivity contribution in [2.75, 3.05) is 33.7 Å². The van der Waals surface area contributed by atoms with E-state index < -0.39 is 0 Å². The average Bonchev–Trinajstić information content (AvgIpc) is 2.55. The van der Waals surface area contributed by atoms with Gasteiger partial charge in [-0.1, -0.05) is 18.2 Å². The number of carbonyl (C=O) groups excluding carboxylic acids is 1. The molecule has 0 aromatic heterocycles. The van der Waals surface area contributed by atoms with Crippen LogP contribution in [0.3, 0.4) is 0 Å². The second-order valence-electron chi connectivity index (χ2n) is 6.51. The predicted molar refractivity (Wildman–Crippen MR) is 91.0 cm³/mol. The molecule has 1 saturated heterocycles. The summed E-state index contributed by atoms with van der Waals surface area (Å²) in [5.74, 6) is -0.205. The normalized spacial score (nSPS) is 18.3. The molecule has 0 bridgehead atoms. The summed E-state index contributed by atoms with van der Waals surface area (Å²) in [6.45, 7) is 2.28. The number of carbonyl (C=O) groups is 1. The van der Waals surface area contributed by atoms with Gasteiger partial charge in [0.05, 0.1) is 0 Å². The zero-order valence-electron chi connectivity index (χ0n) is 14.2. The van der Waals surface area contributed by atoms with Crippen LogP contribution < -0.4 is 5.32 Å². The fraction of sp³-hybridized carbons (Fsp3) is 0.611. The van der Waals surface area contributed by atoms with Crippen molar-refractivity contribution in [3.8, 4) is 0 Å². The maximum atomic E-state index is 13.6. The Balaban J connectivity index is 1.81. The fourth-order valence-corrected chi connectivity index (χ4v) is 3.08. The second kappa shape index (κ2) is 8.87. The van der Waals surface area contributed by atoms with E-state index in [0.717, 1.165) is 32.4 Å². The van der Waals surface area contributed by atoms with Gasteiger partial charge in [0.15, 0.2) is 0 Å². The SMILES string of the molecule is CN(C)CC[C@@H]1CCCCN1C(=O)NCCc1ccccc1F. The Morgan fingerprint density at radius 2 is 2.13 bits per heavy atom. The van der Waals surface area contributed by atoms with Gasteiger partial charge in [0.2, 0.25) is 0 Å². The van der Waals surface area contributed by atoms with Crippen molar-refractivity contribution in [1.29, 1.82) is 0 Å². The van der Waals surface area contributed by atoms with Crippen LogP contribution in [0.15, 0.2) is 24.3 Å². The van der Waals surface area contributed by atoms with E-state index in [4.69, 9.17) is 0 Å². The van der Waals surface area contributed by atoms with Gasteiger partial charge in [-0.25, -0.2) is 9.18 Å². The van der Waals surface area contributed by atoms with Gasteiger partial charge < -0.3 is 15.1 Å². The number of urea groups is 1. The van der Waals surface area contributed by atoms with E-state index >= 15 is 0 Å². The largest absolute Gasteiger partial charge is 0.338 e. The highest BCUT2D eigenvalue weighted by molar-refractivity contribution is 5.74. The summed E-state index contributed by atoms with van der Waals surface area (Å²) >= 11 is 0. The lowest BCUT2D eigenvalue weighted by Gasteiger charge is -2.36. The van der Waals surface area contributed by atoms with Crippen molar-refractivity contribution in [3.63, 3.8) is 0 Å². The molecular formula is C18H28FN3O. The van der Waals surface area contributed by atoms with Crippen LogP contribution in [0.1, 0.15) is 31.2 Å². The average molecular weight is 321 g/mol. The summed E-state index contributed by atoms with van der Waals surface area (Å²) in [4.78, 5) is 16.6. The highest BCUT2D eigenvalue weighted by atomic mass is 19.1. The van der Waals surface area contributed by atoms with Crippen molar-refractivity contribution in [1.82, 2.24) is 15.1 Å². The molecule has 1 atom stereocenters. The van der Waals surface area contributed by atoms with Crippen LogP contribution in [-0.4, -0.2) is 55.6 Å². The molecule has 128 valence electrons. The Hall–Kier alpha value is -1.62. The van der Waals surface area contributed by atoms with E-state index in [0.29, 0.717) is 24.6 Å². The Morgan fingerprint density at radius 1 is 1.35 bits per heavy atom. The summed E-state index contributed by atoms with van der Waals surface area (Å²) < 4.78 is 13.6. The lowest BCUT2D eigenvalue weighted by Crippen LogP contribution is -2.49. The Kier molecular flexibility index (Phi) is 6.84. The van der Waals surface area contributed by atoms with Gasteiger partial charge in [0, 0.05) is 19.1 Å². The molecule has 0 radical (unpaired) electrons. The van der Waals surface area contributed by atoms with E-state index in [1.807, 2.05) is 11.0 Å². The summed E-state index contributed by atoms with van der Waals surface area (Å²) in [5, 5.41) is 2.95. The number of halogens is 1. The number of hydrogen-bond acceptors (Lipinski definition) is 2. The van der Waals surface area contributed by atoms with E-state index in [9.17, 15) is 9.18 Å². The van der Waals surface area contributed by atoms with Crippen LogP contribution in [0, 0.1) is 5.82 Å². The van der Waals surface area contributed by atoms with Crippen molar-refractivity contribution in [3.05, 3.63) is 35.6 Å². The van der Waals surface area contributed by atoms with Crippen molar-refractivity contribution in [2.24, 2.45) is 0 Å².